The average Bonchev–Trinajstić information content (AvgIpc) is 3.37. The minimum atomic E-state index is -4.39. The van der Waals surface area contributed by atoms with Crippen molar-refractivity contribution in [2.75, 3.05) is 19.6 Å². The molecule has 6 N–H and O–H groups in total. The molecule has 2 aliphatic rings. The highest BCUT2D eigenvalue weighted by atomic mass is 32.2. The van der Waals surface area contributed by atoms with E-state index in [1.807, 2.05) is 13.8 Å². The van der Waals surface area contributed by atoms with E-state index in [0.717, 1.165) is 0 Å². The number of carbonyl (C=O) groups is 6. The summed E-state index contributed by atoms with van der Waals surface area (Å²) in [6, 6.07) is 3.96. The molecule has 0 aromatic heterocycles. The molecule has 0 spiro atoms. The number of nitrogens with one attached hydrogen (secondary N) is 6. The third-order valence-corrected chi connectivity index (χ3v) is 11.1. The molecule has 2 fully saturated rings. The normalized spacial score (nSPS) is 20.6. The SMILES string of the molecule is C=CCNC(=O)C(=O)C(CC)NC(=O)[C@@H]1[C@@H]2[C@H](CN1C(=O)[C@@H](NC(=O)N[C@H](CNS(=O)(=O)NC(=O)OCc1ccccc1)C(C)(C)C)C(C)(C)C)C2(C)C. The van der Waals surface area contributed by atoms with E-state index in [1.165, 1.54) is 11.0 Å². The number of benzene rings is 1. The van der Waals surface area contributed by atoms with Crippen LogP contribution in [0.4, 0.5) is 9.59 Å². The predicted octanol–water partition coefficient (Wildman–Crippen LogP) is 2.12. The number of Topliss-reactive ketones (excluding diaryl/α,β-unsaturated/α-hetero) is 1. The van der Waals surface area contributed by atoms with Crippen molar-refractivity contribution in [1.29, 1.82) is 0 Å². The monoisotopic (exact) mass is 775 g/mol. The fourth-order valence-corrected chi connectivity index (χ4v) is 7.38. The van der Waals surface area contributed by atoms with Crippen LogP contribution in [-0.2, 0) is 40.7 Å². The van der Waals surface area contributed by atoms with Crippen LogP contribution in [0, 0.1) is 28.1 Å². The first-order valence-electron chi connectivity index (χ1n) is 18.0. The summed E-state index contributed by atoms with van der Waals surface area (Å²) in [4.78, 5) is 80.6. The molecule has 1 saturated carbocycles. The number of hydrogen-bond donors (Lipinski definition) is 6. The summed E-state index contributed by atoms with van der Waals surface area (Å²) in [6.45, 7) is 19.7. The van der Waals surface area contributed by atoms with Crippen LogP contribution in [0.1, 0.15) is 74.3 Å². The van der Waals surface area contributed by atoms with E-state index in [0.29, 0.717) is 5.56 Å². The Labute approximate surface area is 318 Å². The van der Waals surface area contributed by atoms with Crippen molar-refractivity contribution in [2.45, 2.75) is 99.5 Å². The Morgan fingerprint density at radius 3 is 2.17 bits per heavy atom. The van der Waals surface area contributed by atoms with Gasteiger partial charge in [-0.3, -0.25) is 19.2 Å². The summed E-state index contributed by atoms with van der Waals surface area (Å²) < 4.78 is 34.5. The van der Waals surface area contributed by atoms with Gasteiger partial charge in [-0.25, -0.2) is 14.3 Å². The minimum absolute atomic E-state index is 0.000775. The van der Waals surface area contributed by atoms with Crippen LogP contribution in [0.3, 0.4) is 0 Å². The highest BCUT2D eigenvalue weighted by Crippen LogP contribution is 2.65. The van der Waals surface area contributed by atoms with Gasteiger partial charge in [0.2, 0.25) is 17.6 Å². The number of urea groups is 1. The summed E-state index contributed by atoms with van der Waals surface area (Å²) in [6.07, 6.45) is 0.395. The number of ketones is 1. The van der Waals surface area contributed by atoms with Crippen molar-refractivity contribution in [3.63, 3.8) is 0 Å². The van der Waals surface area contributed by atoms with Crippen LogP contribution < -0.4 is 30.7 Å². The first kappa shape index (κ1) is 43.9. The van der Waals surface area contributed by atoms with Crippen molar-refractivity contribution in [3.05, 3.63) is 48.6 Å². The molecular weight excluding hydrogens is 719 g/mol. The molecule has 17 heteroatoms. The third kappa shape index (κ3) is 11.3. The van der Waals surface area contributed by atoms with Crippen molar-refractivity contribution in [3.8, 4) is 0 Å². The van der Waals surface area contributed by atoms with Gasteiger partial charge in [0.1, 0.15) is 18.7 Å². The van der Waals surface area contributed by atoms with Gasteiger partial charge < -0.3 is 30.9 Å². The van der Waals surface area contributed by atoms with Crippen molar-refractivity contribution in [1.82, 2.24) is 35.6 Å². The maximum atomic E-state index is 14.3. The zero-order chi connectivity index (χ0) is 40.8. The fraction of sp³-hybridized carbons (Fsp3) is 0.622. The Morgan fingerprint density at radius 1 is 0.981 bits per heavy atom. The number of ether oxygens (including phenoxy) is 1. The van der Waals surface area contributed by atoms with Gasteiger partial charge in [-0.15, -0.1) is 6.58 Å². The number of amides is 6. The molecule has 1 aromatic carbocycles. The Bertz CT molecular complexity index is 1690. The second kappa shape index (κ2) is 17.3. The van der Waals surface area contributed by atoms with Gasteiger partial charge in [0.05, 0.1) is 6.04 Å². The molecule has 0 bridgehead atoms. The molecule has 16 nitrogen and oxygen atoms in total. The van der Waals surface area contributed by atoms with Crippen LogP contribution >= 0.6 is 0 Å². The molecular formula is C37H57N7O9S. The number of fused-ring (bicyclic) bond motifs is 1. The fourth-order valence-electron chi connectivity index (χ4n) is 6.64. The lowest BCUT2D eigenvalue weighted by Crippen LogP contribution is -2.62. The Kier molecular flexibility index (Phi) is 14.1. The molecule has 1 aliphatic carbocycles. The van der Waals surface area contributed by atoms with Crippen LogP contribution in [0.2, 0.25) is 0 Å². The van der Waals surface area contributed by atoms with E-state index in [-0.39, 0.29) is 49.9 Å². The maximum Gasteiger partial charge on any atom is 0.422 e. The van der Waals surface area contributed by atoms with E-state index >= 15 is 0 Å². The number of likely N-dealkylation sites (tertiary alicyclic amines) is 1. The van der Waals surface area contributed by atoms with E-state index in [4.69, 9.17) is 4.74 Å². The average molecular weight is 776 g/mol. The highest BCUT2D eigenvalue weighted by molar-refractivity contribution is 7.88. The molecule has 0 radical (unpaired) electrons. The Balaban J connectivity index is 1.71. The van der Waals surface area contributed by atoms with Gasteiger partial charge >= 0.3 is 22.3 Å². The quantitative estimate of drug-likeness (QED) is 0.107. The van der Waals surface area contributed by atoms with Gasteiger partial charge in [-0.1, -0.05) is 98.7 Å². The highest BCUT2D eigenvalue weighted by Gasteiger charge is 2.70. The summed E-state index contributed by atoms with van der Waals surface area (Å²) in [5.41, 5.74) is -1.13. The first-order chi connectivity index (χ1) is 24.9. The molecule has 6 amide bonds. The van der Waals surface area contributed by atoms with E-state index in [9.17, 15) is 37.2 Å². The van der Waals surface area contributed by atoms with Gasteiger partial charge in [0, 0.05) is 25.7 Å². The Morgan fingerprint density at radius 2 is 1.61 bits per heavy atom. The second-order valence-electron chi connectivity index (χ2n) is 16.6. The van der Waals surface area contributed by atoms with Crippen LogP contribution in [0.15, 0.2) is 43.0 Å². The predicted molar refractivity (Wildman–Crippen MR) is 202 cm³/mol. The summed E-state index contributed by atoms with van der Waals surface area (Å²) in [7, 11) is -4.39. The molecule has 3 rings (SSSR count). The van der Waals surface area contributed by atoms with Crippen LogP contribution in [-0.4, -0.2) is 92.7 Å². The topological polar surface area (TPSA) is 221 Å². The molecule has 1 saturated heterocycles. The van der Waals surface area contributed by atoms with E-state index < -0.39 is 80.8 Å². The van der Waals surface area contributed by atoms with E-state index in [2.05, 4.69) is 32.6 Å². The lowest BCUT2D eigenvalue weighted by atomic mass is 9.85. The molecule has 300 valence electrons. The summed E-state index contributed by atoms with van der Waals surface area (Å²) in [5.74, 6) is -2.94. The molecule has 1 aliphatic heterocycles. The summed E-state index contributed by atoms with van der Waals surface area (Å²) >= 11 is 0. The number of nitrogens with zero attached hydrogens (tertiary/aromatic N) is 1. The smallest absolute Gasteiger partial charge is 0.422 e. The minimum Gasteiger partial charge on any atom is -0.444 e. The molecule has 1 unspecified atom stereocenters. The summed E-state index contributed by atoms with van der Waals surface area (Å²) in [5, 5.41) is 10.6. The van der Waals surface area contributed by atoms with Crippen molar-refractivity contribution < 1.29 is 41.9 Å². The van der Waals surface area contributed by atoms with Gasteiger partial charge in [-0.05, 0) is 40.1 Å². The first-order valence-corrected chi connectivity index (χ1v) is 19.5. The van der Waals surface area contributed by atoms with Crippen LogP contribution in [0.25, 0.3) is 0 Å². The van der Waals surface area contributed by atoms with Gasteiger partial charge in [0.15, 0.2) is 0 Å². The lowest BCUT2D eigenvalue weighted by Gasteiger charge is -2.38. The molecule has 6 atom stereocenters. The lowest BCUT2D eigenvalue weighted by molar-refractivity contribution is -0.145. The van der Waals surface area contributed by atoms with Gasteiger partial charge in [0.25, 0.3) is 5.91 Å². The standard InChI is InChI=1S/C37H57N7O9S/c1-11-18-38-31(47)28(45)24(12-2)40-30(46)27-26-23(37(26,9)10)20-44(27)32(48)29(36(6,7)8)42-33(49)41-25(35(3,4)5)19-39-54(51,52)43-34(50)53-21-22-16-14-13-15-17-22/h11,13-17,23-27,29,39H,1,12,18-21H2,2-10H3,(H,38,47)(H,40,46)(H,43,50)(H2,41,42,49)/t23-,24?,25+,26-,27-,29+/m0/s1. The maximum absolute atomic E-state index is 14.3. The number of hydrogen-bond acceptors (Lipinski definition) is 9. The van der Waals surface area contributed by atoms with Crippen molar-refractivity contribution in [2.24, 2.45) is 28.1 Å². The number of carbonyl (C=O) groups excluding carboxylic acids is 6. The Hall–Kier alpha value is -4.51. The second-order valence-corrected chi connectivity index (χ2v) is 18.1. The van der Waals surface area contributed by atoms with Crippen molar-refractivity contribution >= 4 is 45.8 Å². The zero-order valence-electron chi connectivity index (χ0n) is 32.7. The number of rotatable bonds is 16. The van der Waals surface area contributed by atoms with Crippen LogP contribution in [0.5, 0.6) is 0 Å². The largest absolute Gasteiger partial charge is 0.444 e. The molecule has 1 heterocycles. The third-order valence-electron chi connectivity index (χ3n) is 10.1. The molecule has 1 aromatic rings. The van der Waals surface area contributed by atoms with Gasteiger partial charge in [-0.2, -0.15) is 13.1 Å². The number of piperidine rings is 1. The zero-order valence-corrected chi connectivity index (χ0v) is 33.5. The van der Waals surface area contributed by atoms with E-state index in [1.54, 1.807) is 83.5 Å². The molecule has 54 heavy (non-hydrogen) atoms.